The summed E-state index contributed by atoms with van der Waals surface area (Å²) in [5.41, 5.74) is 0. The molecule has 0 aliphatic carbocycles. The quantitative estimate of drug-likeness (QED) is 0.0197. The molecule has 406 valence electrons. The van der Waals surface area contributed by atoms with Crippen molar-refractivity contribution < 1.29 is 37.3 Å². The fourth-order valence-electron chi connectivity index (χ4n) is 8.96. The van der Waals surface area contributed by atoms with E-state index in [1.165, 1.54) is 250 Å². The van der Waals surface area contributed by atoms with Crippen LogP contribution in [0, 0.1) is 0 Å². The van der Waals surface area contributed by atoms with Gasteiger partial charge in [0.05, 0.1) is 34.4 Å². The number of phosphoric acid groups is 1. The second kappa shape index (κ2) is 52.6. The first-order valence-corrected chi connectivity index (χ1v) is 31.4. The van der Waals surface area contributed by atoms with Gasteiger partial charge in [0.2, 0.25) is 0 Å². The minimum absolute atomic E-state index is 0.0304. The fourth-order valence-corrected chi connectivity index (χ4v) is 9.69. The van der Waals surface area contributed by atoms with Crippen LogP contribution in [-0.2, 0) is 27.9 Å². The van der Waals surface area contributed by atoms with Crippen molar-refractivity contribution in [3.8, 4) is 0 Å². The molecule has 0 aromatic rings. The summed E-state index contributed by atoms with van der Waals surface area (Å²) in [5.74, 6) is -0.325. The number of ether oxygens (including phenoxy) is 2. The lowest BCUT2D eigenvalue weighted by atomic mass is 10.0. The van der Waals surface area contributed by atoms with Crippen LogP contribution in [0.3, 0.4) is 0 Å². The number of phosphoric ester groups is 1. The standard InChI is InChI=1S/C59H118NO7P/c1-6-8-10-12-14-16-18-20-22-24-26-28-29-30-31-32-34-36-38-40-42-44-46-48-50-52-59(61)67-58(57-66-68(62,63)65-55-53-60(3,4)5)56-64-54-51-49-47-45-43-41-39-37-35-33-27-25-23-21-19-17-15-13-11-9-7-2/h24,26,58H,6-23,25,27-57H2,1-5H3/b26-24-. The average Bonchev–Trinajstić information content (AvgIpc) is 3.30. The minimum atomic E-state index is -4.53. The SMILES string of the molecule is CCCCCCCCCC/C=C\CCCCCCCCCCCCCCCC(=O)OC(COCCCCCCCCCCCCCCCCCCCCCCC)COP(=O)([O-])OCC[N+](C)(C)C. The van der Waals surface area contributed by atoms with Gasteiger partial charge in [-0.2, -0.15) is 0 Å². The van der Waals surface area contributed by atoms with Crippen molar-refractivity contribution in [2.45, 2.75) is 309 Å². The maximum absolute atomic E-state index is 12.8. The lowest BCUT2D eigenvalue weighted by Crippen LogP contribution is -2.37. The number of hydrogen-bond acceptors (Lipinski definition) is 7. The van der Waals surface area contributed by atoms with E-state index in [1.54, 1.807) is 0 Å². The summed E-state index contributed by atoms with van der Waals surface area (Å²) < 4.78 is 34.9. The molecule has 2 unspecified atom stereocenters. The predicted molar refractivity (Wildman–Crippen MR) is 291 cm³/mol. The Bertz CT molecular complexity index is 1100. The molecule has 0 aliphatic heterocycles. The van der Waals surface area contributed by atoms with Crippen LogP contribution in [0.1, 0.15) is 303 Å². The molecule has 0 aromatic carbocycles. The van der Waals surface area contributed by atoms with Gasteiger partial charge in [0.1, 0.15) is 19.3 Å². The number of hydrogen-bond donors (Lipinski definition) is 0. The molecule has 9 heteroatoms. The molecular formula is C59H118NO7P. The van der Waals surface area contributed by atoms with Crippen molar-refractivity contribution in [1.29, 1.82) is 0 Å². The normalized spacial score (nSPS) is 13.4. The highest BCUT2D eigenvalue weighted by molar-refractivity contribution is 7.45. The van der Waals surface area contributed by atoms with Gasteiger partial charge < -0.3 is 27.9 Å². The number of nitrogens with zero attached hydrogens (tertiary/aromatic N) is 1. The van der Waals surface area contributed by atoms with Gasteiger partial charge in [0, 0.05) is 13.0 Å². The van der Waals surface area contributed by atoms with Gasteiger partial charge in [-0.25, -0.2) is 0 Å². The molecule has 0 aromatic heterocycles. The summed E-state index contributed by atoms with van der Waals surface area (Å²) >= 11 is 0. The Hall–Kier alpha value is -0.760. The first kappa shape index (κ1) is 67.2. The van der Waals surface area contributed by atoms with Gasteiger partial charge in [-0.3, -0.25) is 9.36 Å². The summed E-state index contributed by atoms with van der Waals surface area (Å²) in [6.45, 7) is 5.50. The predicted octanol–water partition coefficient (Wildman–Crippen LogP) is 18.3. The zero-order valence-corrected chi connectivity index (χ0v) is 47.2. The minimum Gasteiger partial charge on any atom is -0.756 e. The van der Waals surface area contributed by atoms with Crippen LogP contribution in [0.2, 0.25) is 0 Å². The van der Waals surface area contributed by atoms with Gasteiger partial charge in [-0.15, -0.1) is 0 Å². The molecule has 0 saturated carbocycles. The number of allylic oxidation sites excluding steroid dienone is 2. The van der Waals surface area contributed by atoms with Gasteiger partial charge in [0.15, 0.2) is 0 Å². The van der Waals surface area contributed by atoms with E-state index < -0.39 is 13.9 Å². The molecule has 2 atom stereocenters. The average molecular weight is 985 g/mol. The number of carbonyl (C=O) groups is 1. The Morgan fingerprint density at radius 2 is 0.765 bits per heavy atom. The number of esters is 1. The molecular weight excluding hydrogens is 866 g/mol. The number of likely N-dealkylation sites (N-methyl/N-ethyl adjacent to an activating group) is 1. The maximum Gasteiger partial charge on any atom is 0.306 e. The summed E-state index contributed by atoms with van der Waals surface area (Å²) in [7, 11) is 1.38. The van der Waals surface area contributed by atoms with Gasteiger partial charge >= 0.3 is 5.97 Å². The highest BCUT2D eigenvalue weighted by Crippen LogP contribution is 2.38. The van der Waals surface area contributed by atoms with E-state index in [0.717, 1.165) is 32.1 Å². The first-order chi connectivity index (χ1) is 33.1. The third-order valence-corrected chi connectivity index (χ3v) is 14.5. The van der Waals surface area contributed by atoms with E-state index in [4.69, 9.17) is 18.5 Å². The van der Waals surface area contributed by atoms with Crippen molar-refractivity contribution in [2.24, 2.45) is 0 Å². The summed E-state index contributed by atoms with van der Waals surface area (Å²) in [6, 6.07) is 0. The highest BCUT2D eigenvalue weighted by Gasteiger charge is 2.20. The highest BCUT2D eigenvalue weighted by atomic mass is 31.2. The molecule has 0 bridgehead atoms. The molecule has 0 rings (SSSR count). The Balaban J connectivity index is 4.00. The van der Waals surface area contributed by atoms with E-state index in [0.29, 0.717) is 24.1 Å². The molecule has 0 fully saturated rings. The summed E-state index contributed by atoms with van der Waals surface area (Å²) in [6.07, 6.45) is 62.6. The molecule has 8 nitrogen and oxygen atoms in total. The van der Waals surface area contributed by atoms with Crippen molar-refractivity contribution in [3.05, 3.63) is 12.2 Å². The molecule has 0 saturated heterocycles. The Labute approximate surface area is 424 Å². The van der Waals surface area contributed by atoms with E-state index in [-0.39, 0.29) is 25.8 Å². The lowest BCUT2D eigenvalue weighted by molar-refractivity contribution is -0.870. The summed E-state index contributed by atoms with van der Waals surface area (Å²) in [5, 5.41) is 0. The number of carbonyl (C=O) groups excluding carboxylic acids is 1. The zero-order valence-electron chi connectivity index (χ0n) is 46.3. The van der Waals surface area contributed by atoms with Gasteiger partial charge in [0.25, 0.3) is 7.82 Å². The largest absolute Gasteiger partial charge is 0.756 e. The molecule has 0 spiro atoms. The van der Waals surface area contributed by atoms with Gasteiger partial charge in [-0.05, 0) is 38.5 Å². The monoisotopic (exact) mass is 984 g/mol. The van der Waals surface area contributed by atoms with Crippen LogP contribution in [0.5, 0.6) is 0 Å². The third kappa shape index (κ3) is 56.2. The Morgan fingerprint density at radius 3 is 1.12 bits per heavy atom. The maximum atomic E-state index is 12.8. The van der Waals surface area contributed by atoms with Gasteiger partial charge in [-0.1, -0.05) is 270 Å². The Morgan fingerprint density at radius 1 is 0.441 bits per heavy atom. The van der Waals surface area contributed by atoms with Crippen molar-refractivity contribution in [1.82, 2.24) is 0 Å². The van der Waals surface area contributed by atoms with E-state index in [9.17, 15) is 14.3 Å². The first-order valence-electron chi connectivity index (χ1n) is 29.9. The second-order valence-electron chi connectivity index (χ2n) is 21.7. The van der Waals surface area contributed by atoms with Crippen LogP contribution in [0.15, 0.2) is 12.2 Å². The van der Waals surface area contributed by atoms with E-state index >= 15 is 0 Å². The van der Waals surface area contributed by atoms with Crippen molar-refractivity contribution in [3.63, 3.8) is 0 Å². The Kier molecular flexibility index (Phi) is 52.0. The van der Waals surface area contributed by atoms with Crippen LogP contribution in [0.25, 0.3) is 0 Å². The second-order valence-corrected chi connectivity index (χ2v) is 23.1. The molecule has 0 heterocycles. The number of rotatable bonds is 57. The van der Waals surface area contributed by atoms with E-state index in [2.05, 4.69) is 26.0 Å². The number of unbranched alkanes of at least 4 members (excludes halogenated alkanes) is 41. The van der Waals surface area contributed by atoms with Crippen molar-refractivity contribution >= 4 is 13.8 Å². The topological polar surface area (TPSA) is 94.1 Å². The van der Waals surface area contributed by atoms with Crippen LogP contribution < -0.4 is 4.89 Å². The number of quaternary nitrogens is 1. The molecule has 0 amide bonds. The molecule has 0 N–H and O–H groups in total. The smallest absolute Gasteiger partial charge is 0.306 e. The molecule has 68 heavy (non-hydrogen) atoms. The fraction of sp³-hybridized carbons (Fsp3) is 0.949. The third-order valence-electron chi connectivity index (χ3n) is 13.6. The lowest BCUT2D eigenvalue weighted by Gasteiger charge is -2.28. The molecule has 0 radical (unpaired) electrons. The van der Waals surface area contributed by atoms with Crippen LogP contribution in [-0.4, -0.2) is 70.7 Å². The zero-order chi connectivity index (χ0) is 49.8. The summed E-state index contributed by atoms with van der Waals surface area (Å²) in [4.78, 5) is 25.3. The molecule has 0 aliphatic rings. The van der Waals surface area contributed by atoms with E-state index in [1.807, 2.05) is 21.1 Å². The van der Waals surface area contributed by atoms with Crippen molar-refractivity contribution in [2.75, 3.05) is 54.1 Å². The van der Waals surface area contributed by atoms with Crippen LogP contribution >= 0.6 is 7.82 Å². The van der Waals surface area contributed by atoms with Crippen LogP contribution in [0.4, 0.5) is 0 Å².